The smallest absolute Gasteiger partial charge is 0.241 e. The highest BCUT2D eigenvalue weighted by atomic mass is 16.2. The molecule has 1 aliphatic heterocycles. The summed E-state index contributed by atoms with van der Waals surface area (Å²) in [6.45, 7) is 3.67. The summed E-state index contributed by atoms with van der Waals surface area (Å²) in [7, 11) is 3.45. The molecule has 2 rings (SSSR count). The van der Waals surface area contributed by atoms with Gasteiger partial charge >= 0.3 is 0 Å². The van der Waals surface area contributed by atoms with E-state index in [1.54, 1.807) is 19.0 Å². The Morgan fingerprint density at radius 3 is 2.63 bits per heavy atom. The molecule has 2 amide bonds. The van der Waals surface area contributed by atoms with E-state index in [2.05, 4.69) is 5.32 Å². The van der Waals surface area contributed by atoms with E-state index >= 15 is 0 Å². The van der Waals surface area contributed by atoms with Crippen LogP contribution in [0.2, 0.25) is 0 Å². The van der Waals surface area contributed by atoms with E-state index in [4.69, 9.17) is 0 Å². The standard InChI is InChI=1S/C14H25N3O2/c1-4-17(9-12(18)16(2)3)14(19)13-11-7-5-6-10(11)8-15-13/h10-11,13,15H,4-9H2,1-3H3. The van der Waals surface area contributed by atoms with Gasteiger partial charge in [0.25, 0.3) is 0 Å². The minimum absolute atomic E-state index is 0.0174. The molecule has 5 nitrogen and oxygen atoms in total. The molecule has 0 aromatic rings. The van der Waals surface area contributed by atoms with E-state index < -0.39 is 0 Å². The average molecular weight is 267 g/mol. The topological polar surface area (TPSA) is 52.7 Å². The van der Waals surface area contributed by atoms with E-state index in [-0.39, 0.29) is 24.4 Å². The number of rotatable bonds is 4. The molecule has 0 bridgehead atoms. The molecule has 1 aliphatic carbocycles. The minimum Gasteiger partial charge on any atom is -0.347 e. The Morgan fingerprint density at radius 1 is 1.26 bits per heavy atom. The number of carbonyl (C=O) groups excluding carboxylic acids is 2. The number of carbonyl (C=O) groups is 2. The first-order valence-corrected chi connectivity index (χ1v) is 7.27. The second kappa shape index (κ2) is 5.90. The minimum atomic E-state index is -0.0672. The third-order valence-corrected chi connectivity index (χ3v) is 4.53. The maximum atomic E-state index is 12.6. The van der Waals surface area contributed by atoms with Gasteiger partial charge in [0.1, 0.15) is 0 Å². The van der Waals surface area contributed by atoms with Crippen LogP contribution in [-0.4, -0.2) is 61.4 Å². The van der Waals surface area contributed by atoms with Gasteiger partial charge < -0.3 is 15.1 Å². The van der Waals surface area contributed by atoms with Gasteiger partial charge in [-0.2, -0.15) is 0 Å². The highest BCUT2D eigenvalue weighted by molar-refractivity contribution is 5.87. The Kier molecular flexibility index (Phi) is 4.45. The Hall–Kier alpha value is -1.10. The first-order chi connectivity index (χ1) is 9.04. The van der Waals surface area contributed by atoms with Crippen molar-refractivity contribution in [3.63, 3.8) is 0 Å². The van der Waals surface area contributed by atoms with Crippen molar-refractivity contribution in [3.05, 3.63) is 0 Å². The van der Waals surface area contributed by atoms with Crippen molar-refractivity contribution >= 4 is 11.8 Å². The molecule has 3 atom stereocenters. The van der Waals surface area contributed by atoms with Crippen molar-refractivity contribution in [1.29, 1.82) is 0 Å². The molecule has 0 spiro atoms. The van der Waals surface area contributed by atoms with Gasteiger partial charge in [-0.05, 0) is 38.1 Å². The fourth-order valence-corrected chi connectivity index (χ4v) is 3.30. The Morgan fingerprint density at radius 2 is 2.00 bits per heavy atom. The zero-order valence-corrected chi connectivity index (χ0v) is 12.2. The zero-order chi connectivity index (χ0) is 14.0. The first-order valence-electron chi connectivity index (χ1n) is 7.27. The van der Waals surface area contributed by atoms with E-state index in [9.17, 15) is 9.59 Å². The lowest BCUT2D eigenvalue weighted by Crippen LogP contribution is -2.49. The van der Waals surface area contributed by atoms with Crippen molar-refractivity contribution in [1.82, 2.24) is 15.1 Å². The maximum Gasteiger partial charge on any atom is 0.241 e. The number of hydrogen-bond acceptors (Lipinski definition) is 3. The molecule has 0 aromatic heterocycles. The molecular formula is C14H25N3O2. The largest absolute Gasteiger partial charge is 0.347 e. The predicted molar refractivity (Wildman–Crippen MR) is 73.6 cm³/mol. The first kappa shape index (κ1) is 14.3. The van der Waals surface area contributed by atoms with Gasteiger partial charge in [0, 0.05) is 20.6 Å². The van der Waals surface area contributed by atoms with Gasteiger partial charge in [-0.15, -0.1) is 0 Å². The molecule has 2 fully saturated rings. The van der Waals surface area contributed by atoms with Crippen molar-refractivity contribution in [2.45, 2.75) is 32.2 Å². The number of amides is 2. The van der Waals surface area contributed by atoms with Gasteiger partial charge in [-0.25, -0.2) is 0 Å². The molecule has 1 saturated carbocycles. The lowest BCUT2D eigenvalue weighted by molar-refractivity contribution is -0.140. The zero-order valence-electron chi connectivity index (χ0n) is 12.2. The number of nitrogens with one attached hydrogen (secondary N) is 1. The lowest BCUT2D eigenvalue weighted by Gasteiger charge is -2.27. The molecule has 0 aromatic carbocycles. The molecule has 3 unspecified atom stereocenters. The third kappa shape index (κ3) is 2.91. The van der Waals surface area contributed by atoms with Gasteiger partial charge in [0.05, 0.1) is 12.6 Å². The number of likely N-dealkylation sites (N-methyl/N-ethyl adjacent to an activating group) is 2. The van der Waals surface area contributed by atoms with Gasteiger partial charge in [-0.1, -0.05) is 6.42 Å². The third-order valence-electron chi connectivity index (χ3n) is 4.53. The summed E-state index contributed by atoms with van der Waals surface area (Å²) in [6.07, 6.45) is 3.63. The van der Waals surface area contributed by atoms with Crippen LogP contribution < -0.4 is 5.32 Å². The molecule has 1 heterocycles. The van der Waals surface area contributed by atoms with Crippen LogP contribution in [-0.2, 0) is 9.59 Å². The van der Waals surface area contributed by atoms with E-state index in [1.807, 2.05) is 6.92 Å². The predicted octanol–water partition coefficient (Wildman–Crippen LogP) is 0.311. The monoisotopic (exact) mass is 267 g/mol. The molecule has 1 N–H and O–H groups in total. The summed E-state index contributed by atoms with van der Waals surface area (Å²) in [5.41, 5.74) is 0. The molecule has 1 saturated heterocycles. The van der Waals surface area contributed by atoms with Crippen LogP contribution in [0.3, 0.4) is 0 Å². The van der Waals surface area contributed by atoms with Crippen LogP contribution in [0.15, 0.2) is 0 Å². The molecule has 108 valence electrons. The summed E-state index contributed by atoms with van der Waals surface area (Å²) in [5, 5.41) is 3.36. The van der Waals surface area contributed by atoms with Crippen LogP contribution >= 0.6 is 0 Å². The van der Waals surface area contributed by atoms with Gasteiger partial charge in [0.15, 0.2) is 0 Å². The number of fused-ring (bicyclic) bond motifs is 1. The van der Waals surface area contributed by atoms with Gasteiger partial charge in [-0.3, -0.25) is 9.59 Å². The molecule has 5 heteroatoms. The van der Waals surface area contributed by atoms with Crippen molar-refractivity contribution in [3.8, 4) is 0 Å². The summed E-state index contributed by atoms with van der Waals surface area (Å²) >= 11 is 0. The lowest BCUT2D eigenvalue weighted by atomic mass is 9.93. The van der Waals surface area contributed by atoms with Crippen molar-refractivity contribution in [2.24, 2.45) is 11.8 Å². The summed E-state index contributed by atoms with van der Waals surface area (Å²) in [5.74, 6) is 1.23. The SMILES string of the molecule is CCN(CC(=O)N(C)C)C(=O)C1NCC2CCCC21. The Balaban J connectivity index is 1.98. The number of hydrogen-bond donors (Lipinski definition) is 1. The summed E-state index contributed by atoms with van der Waals surface area (Å²) < 4.78 is 0. The normalized spacial score (nSPS) is 29.1. The van der Waals surface area contributed by atoms with E-state index in [0.717, 1.165) is 13.0 Å². The Bertz CT molecular complexity index is 357. The average Bonchev–Trinajstić information content (AvgIpc) is 2.96. The second-order valence-electron chi connectivity index (χ2n) is 5.88. The number of nitrogens with zero attached hydrogens (tertiary/aromatic N) is 2. The quantitative estimate of drug-likeness (QED) is 0.797. The van der Waals surface area contributed by atoms with E-state index in [0.29, 0.717) is 18.4 Å². The second-order valence-corrected chi connectivity index (χ2v) is 5.88. The van der Waals surface area contributed by atoms with Crippen LogP contribution in [0, 0.1) is 11.8 Å². The van der Waals surface area contributed by atoms with Crippen molar-refractivity contribution < 1.29 is 9.59 Å². The summed E-state index contributed by atoms with van der Waals surface area (Å²) in [4.78, 5) is 27.6. The maximum absolute atomic E-state index is 12.6. The Labute approximate surface area is 115 Å². The summed E-state index contributed by atoms with van der Waals surface area (Å²) in [6, 6.07) is -0.0672. The molecular weight excluding hydrogens is 242 g/mol. The fraction of sp³-hybridized carbons (Fsp3) is 0.857. The van der Waals surface area contributed by atoms with Crippen LogP contribution in [0.1, 0.15) is 26.2 Å². The molecule has 2 aliphatic rings. The fourth-order valence-electron chi connectivity index (χ4n) is 3.30. The molecule has 19 heavy (non-hydrogen) atoms. The van der Waals surface area contributed by atoms with Gasteiger partial charge in [0.2, 0.25) is 11.8 Å². The van der Waals surface area contributed by atoms with E-state index in [1.165, 1.54) is 17.7 Å². The van der Waals surface area contributed by atoms with Crippen LogP contribution in [0.5, 0.6) is 0 Å². The van der Waals surface area contributed by atoms with Crippen LogP contribution in [0.4, 0.5) is 0 Å². The molecule has 0 radical (unpaired) electrons. The highest BCUT2D eigenvalue weighted by Crippen LogP contribution is 2.38. The van der Waals surface area contributed by atoms with Crippen LogP contribution in [0.25, 0.3) is 0 Å². The van der Waals surface area contributed by atoms with Crippen molar-refractivity contribution in [2.75, 3.05) is 33.7 Å². The highest BCUT2D eigenvalue weighted by Gasteiger charge is 2.43.